The van der Waals surface area contributed by atoms with E-state index in [9.17, 15) is 9.59 Å². The highest BCUT2D eigenvalue weighted by Gasteiger charge is 2.24. The van der Waals surface area contributed by atoms with Crippen LogP contribution in [0, 0.1) is 5.92 Å². The van der Waals surface area contributed by atoms with E-state index in [0.717, 1.165) is 38.8 Å². The predicted octanol–water partition coefficient (Wildman–Crippen LogP) is 2.68. The van der Waals surface area contributed by atoms with Crippen LogP contribution in [0.15, 0.2) is 24.3 Å². The molecule has 0 bridgehead atoms. The minimum Gasteiger partial charge on any atom is -0.368 e. The molecule has 2 aliphatic rings. The molecule has 2 saturated heterocycles. The summed E-state index contributed by atoms with van der Waals surface area (Å²) in [5, 5.41) is 2.85. The zero-order chi connectivity index (χ0) is 16.2. The van der Waals surface area contributed by atoms with Crippen molar-refractivity contribution in [3.63, 3.8) is 0 Å². The molecule has 2 aliphatic heterocycles. The average molecular weight is 316 g/mol. The van der Waals surface area contributed by atoms with Gasteiger partial charge in [0.15, 0.2) is 0 Å². The Kier molecular flexibility index (Phi) is 4.96. The molecular formula is C18H24N2O3. The van der Waals surface area contributed by atoms with Crippen LogP contribution in [0.2, 0.25) is 0 Å². The fraction of sp³-hybridized carbons (Fsp3) is 0.556. The van der Waals surface area contributed by atoms with Crippen LogP contribution in [0.4, 0.5) is 5.69 Å². The van der Waals surface area contributed by atoms with Crippen molar-refractivity contribution in [3.05, 3.63) is 29.8 Å². The Hall–Kier alpha value is -1.88. The van der Waals surface area contributed by atoms with Crippen molar-refractivity contribution < 1.29 is 14.3 Å². The zero-order valence-electron chi connectivity index (χ0n) is 13.6. The SMILES string of the molecule is CC1CCN(C(=O)c2cccc(NC(=O)C3CCCO3)c2)CC1. The van der Waals surface area contributed by atoms with E-state index in [-0.39, 0.29) is 17.9 Å². The van der Waals surface area contributed by atoms with E-state index in [2.05, 4.69) is 12.2 Å². The van der Waals surface area contributed by atoms with Gasteiger partial charge in [0.05, 0.1) is 0 Å². The molecule has 1 aromatic carbocycles. The van der Waals surface area contributed by atoms with Crippen molar-refractivity contribution in [1.82, 2.24) is 4.90 Å². The second-order valence-electron chi connectivity index (χ2n) is 6.55. The van der Waals surface area contributed by atoms with Crippen molar-refractivity contribution in [2.75, 3.05) is 25.0 Å². The Morgan fingerprint density at radius 1 is 1.22 bits per heavy atom. The predicted molar refractivity (Wildman–Crippen MR) is 88.3 cm³/mol. The molecular weight excluding hydrogens is 292 g/mol. The standard InChI is InChI=1S/C18H24N2O3/c1-13-7-9-20(10-8-13)18(22)14-4-2-5-15(12-14)19-17(21)16-6-3-11-23-16/h2,4-5,12-13,16H,3,6-11H2,1H3,(H,19,21). The molecule has 0 aromatic heterocycles. The molecule has 2 heterocycles. The van der Waals surface area contributed by atoms with Gasteiger partial charge >= 0.3 is 0 Å². The summed E-state index contributed by atoms with van der Waals surface area (Å²) in [6.45, 7) is 4.49. The normalized spacial score (nSPS) is 22.1. The second kappa shape index (κ2) is 7.13. The lowest BCUT2D eigenvalue weighted by atomic mass is 9.98. The fourth-order valence-corrected chi connectivity index (χ4v) is 3.13. The Bertz CT molecular complexity index is 573. The summed E-state index contributed by atoms with van der Waals surface area (Å²) in [6, 6.07) is 7.18. The van der Waals surface area contributed by atoms with E-state index >= 15 is 0 Å². The summed E-state index contributed by atoms with van der Waals surface area (Å²) in [7, 11) is 0. The van der Waals surface area contributed by atoms with Crippen LogP contribution in [0.5, 0.6) is 0 Å². The zero-order valence-corrected chi connectivity index (χ0v) is 13.6. The average Bonchev–Trinajstić information content (AvgIpc) is 3.10. The Morgan fingerprint density at radius 2 is 2.00 bits per heavy atom. The number of carbonyl (C=O) groups is 2. The van der Waals surface area contributed by atoms with Crippen LogP contribution in [0.3, 0.4) is 0 Å². The van der Waals surface area contributed by atoms with Gasteiger partial charge in [0, 0.05) is 30.9 Å². The topological polar surface area (TPSA) is 58.6 Å². The summed E-state index contributed by atoms with van der Waals surface area (Å²) in [4.78, 5) is 26.6. The first-order valence-corrected chi connectivity index (χ1v) is 8.45. The molecule has 1 atom stereocenters. The fourth-order valence-electron chi connectivity index (χ4n) is 3.13. The third kappa shape index (κ3) is 3.91. The molecule has 3 rings (SSSR count). The lowest BCUT2D eigenvalue weighted by molar-refractivity contribution is -0.124. The smallest absolute Gasteiger partial charge is 0.253 e. The molecule has 1 N–H and O–H groups in total. The van der Waals surface area contributed by atoms with Crippen LogP contribution < -0.4 is 5.32 Å². The van der Waals surface area contributed by atoms with Crippen molar-refractivity contribution in [3.8, 4) is 0 Å². The molecule has 5 heteroatoms. The van der Waals surface area contributed by atoms with E-state index in [1.165, 1.54) is 0 Å². The Morgan fingerprint density at radius 3 is 2.70 bits per heavy atom. The van der Waals surface area contributed by atoms with Crippen LogP contribution in [0.25, 0.3) is 0 Å². The number of hydrogen-bond acceptors (Lipinski definition) is 3. The number of piperidine rings is 1. The van der Waals surface area contributed by atoms with Gasteiger partial charge in [-0.1, -0.05) is 13.0 Å². The van der Waals surface area contributed by atoms with E-state index in [1.54, 1.807) is 6.07 Å². The van der Waals surface area contributed by atoms with E-state index < -0.39 is 0 Å². The molecule has 0 saturated carbocycles. The number of benzene rings is 1. The summed E-state index contributed by atoms with van der Waals surface area (Å²) in [5.74, 6) is 0.611. The van der Waals surface area contributed by atoms with Gasteiger partial charge in [0.25, 0.3) is 11.8 Å². The van der Waals surface area contributed by atoms with Gasteiger partial charge in [-0.2, -0.15) is 0 Å². The summed E-state index contributed by atoms with van der Waals surface area (Å²) < 4.78 is 5.38. The summed E-state index contributed by atoms with van der Waals surface area (Å²) in [6.07, 6.45) is 3.43. The number of hydrogen-bond donors (Lipinski definition) is 1. The number of likely N-dealkylation sites (tertiary alicyclic amines) is 1. The molecule has 23 heavy (non-hydrogen) atoms. The van der Waals surface area contributed by atoms with Gasteiger partial charge in [-0.3, -0.25) is 9.59 Å². The van der Waals surface area contributed by atoms with Crippen molar-refractivity contribution in [2.45, 2.75) is 38.7 Å². The molecule has 124 valence electrons. The van der Waals surface area contributed by atoms with Gasteiger partial charge in [-0.05, 0) is 49.8 Å². The number of anilines is 1. The van der Waals surface area contributed by atoms with Crippen LogP contribution in [-0.2, 0) is 9.53 Å². The minimum atomic E-state index is -0.363. The minimum absolute atomic E-state index is 0.0464. The van der Waals surface area contributed by atoms with Gasteiger partial charge < -0.3 is 15.0 Å². The summed E-state index contributed by atoms with van der Waals surface area (Å²) >= 11 is 0. The first-order valence-electron chi connectivity index (χ1n) is 8.45. The third-order valence-corrected chi connectivity index (χ3v) is 4.67. The lowest BCUT2D eigenvalue weighted by Gasteiger charge is -2.30. The highest BCUT2D eigenvalue weighted by Crippen LogP contribution is 2.20. The van der Waals surface area contributed by atoms with E-state index in [4.69, 9.17) is 4.74 Å². The number of carbonyl (C=O) groups excluding carboxylic acids is 2. The van der Waals surface area contributed by atoms with Gasteiger partial charge in [0.1, 0.15) is 6.10 Å². The molecule has 1 aromatic rings. The van der Waals surface area contributed by atoms with Gasteiger partial charge in [-0.15, -0.1) is 0 Å². The quantitative estimate of drug-likeness (QED) is 0.932. The molecule has 0 aliphatic carbocycles. The van der Waals surface area contributed by atoms with Crippen molar-refractivity contribution >= 4 is 17.5 Å². The van der Waals surface area contributed by atoms with Crippen LogP contribution in [-0.4, -0.2) is 42.5 Å². The maximum Gasteiger partial charge on any atom is 0.253 e. The molecule has 2 amide bonds. The van der Waals surface area contributed by atoms with Crippen LogP contribution >= 0.6 is 0 Å². The van der Waals surface area contributed by atoms with Gasteiger partial charge in [-0.25, -0.2) is 0 Å². The molecule has 2 fully saturated rings. The molecule has 0 radical (unpaired) electrons. The Labute approximate surface area is 137 Å². The largest absolute Gasteiger partial charge is 0.368 e. The van der Waals surface area contributed by atoms with Crippen LogP contribution in [0.1, 0.15) is 43.0 Å². The maximum atomic E-state index is 12.6. The summed E-state index contributed by atoms with van der Waals surface area (Å²) in [5.41, 5.74) is 1.28. The van der Waals surface area contributed by atoms with E-state index in [1.807, 2.05) is 23.1 Å². The number of ether oxygens (including phenoxy) is 1. The highest BCUT2D eigenvalue weighted by atomic mass is 16.5. The number of rotatable bonds is 3. The van der Waals surface area contributed by atoms with Gasteiger partial charge in [0.2, 0.25) is 0 Å². The first kappa shape index (κ1) is 16.0. The molecule has 1 unspecified atom stereocenters. The monoisotopic (exact) mass is 316 g/mol. The molecule has 0 spiro atoms. The van der Waals surface area contributed by atoms with Crippen molar-refractivity contribution in [1.29, 1.82) is 0 Å². The number of nitrogens with zero attached hydrogens (tertiary/aromatic N) is 1. The maximum absolute atomic E-state index is 12.6. The third-order valence-electron chi connectivity index (χ3n) is 4.67. The Balaban J connectivity index is 1.64. The van der Waals surface area contributed by atoms with Crippen molar-refractivity contribution in [2.24, 2.45) is 5.92 Å². The molecule has 5 nitrogen and oxygen atoms in total. The number of amides is 2. The second-order valence-corrected chi connectivity index (χ2v) is 6.55. The first-order chi connectivity index (χ1) is 11.1. The van der Waals surface area contributed by atoms with E-state index in [0.29, 0.717) is 23.8 Å². The lowest BCUT2D eigenvalue weighted by Crippen LogP contribution is -2.37. The highest BCUT2D eigenvalue weighted by molar-refractivity contribution is 5.98. The number of nitrogens with one attached hydrogen (secondary N) is 1.